The van der Waals surface area contributed by atoms with Gasteiger partial charge in [-0.25, -0.2) is 4.98 Å². The molecule has 1 N–H and O–H groups in total. The Morgan fingerprint density at radius 2 is 1.93 bits per heavy atom. The topological polar surface area (TPSA) is 80.9 Å². The number of benzene rings is 2. The van der Waals surface area contributed by atoms with Gasteiger partial charge in [0.2, 0.25) is 11.8 Å². The largest absolute Gasteiger partial charge is 0.411 e. The van der Waals surface area contributed by atoms with Crippen LogP contribution < -0.4 is 5.32 Å². The minimum Gasteiger partial charge on any atom is -0.411 e. The van der Waals surface area contributed by atoms with E-state index in [2.05, 4.69) is 20.5 Å². The van der Waals surface area contributed by atoms with Crippen molar-refractivity contribution in [2.24, 2.45) is 0 Å². The van der Waals surface area contributed by atoms with Gasteiger partial charge in [-0.1, -0.05) is 53.4 Å². The number of fused-ring (bicyclic) bond motifs is 1. The van der Waals surface area contributed by atoms with Crippen LogP contribution in [0.15, 0.2) is 52.1 Å². The van der Waals surface area contributed by atoms with E-state index in [1.54, 1.807) is 0 Å². The van der Waals surface area contributed by atoms with Crippen LogP contribution >= 0.6 is 23.1 Å². The van der Waals surface area contributed by atoms with Crippen LogP contribution in [0.1, 0.15) is 11.1 Å². The van der Waals surface area contributed by atoms with Gasteiger partial charge in [-0.3, -0.25) is 4.79 Å². The zero-order valence-electron chi connectivity index (χ0n) is 14.7. The molecule has 4 rings (SSSR count). The minimum atomic E-state index is -0.160. The predicted octanol–water partition coefficient (Wildman–Crippen LogP) is 4.69. The number of aromatic nitrogens is 3. The van der Waals surface area contributed by atoms with Crippen molar-refractivity contribution in [1.29, 1.82) is 0 Å². The molecular weight excluding hydrogens is 380 g/mol. The summed E-state index contributed by atoms with van der Waals surface area (Å²) < 4.78 is 6.72. The molecule has 0 aliphatic rings. The summed E-state index contributed by atoms with van der Waals surface area (Å²) in [6, 6.07) is 13.8. The third kappa shape index (κ3) is 3.86. The van der Waals surface area contributed by atoms with Crippen molar-refractivity contribution < 1.29 is 9.21 Å². The second-order valence-electron chi connectivity index (χ2n) is 5.97. The summed E-state index contributed by atoms with van der Waals surface area (Å²) in [5.41, 5.74) is 3.96. The highest BCUT2D eigenvalue weighted by Crippen LogP contribution is 2.29. The fourth-order valence-electron chi connectivity index (χ4n) is 2.61. The highest BCUT2D eigenvalue weighted by atomic mass is 32.2. The quantitative estimate of drug-likeness (QED) is 0.493. The number of nitrogens with one attached hydrogen (secondary N) is 1. The third-order valence-corrected chi connectivity index (χ3v) is 5.73. The zero-order chi connectivity index (χ0) is 18.8. The molecule has 1 amide bonds. The molecule has 0 fully saturated rings. The first-order valence-electron chi connectivity index (χ1n) is 8.28. The highest BCUT2D eigenvalue weighted by Gasteiger charge is 2.14. The van der Waals surface area contributed by atoms with E-state index in [1.807, 2.05) is 56.3 Å². The van der Waals surface area contributed by atoms with Gasteiger partial charge in [0.25, 0.3) is 5.22 Å². The molecule has 8 heteroatoms. The van der Waals surface area contributed by atoms with Gasteiger partial charge >= 0.3 is 0 Å². The fraction of sp³-hybridized carbons (Fsp3) is 0.158. The van der Waals surface area contributed by atoms with Crippen molar-refractivity contribution in [1.82, 2.24) is 15.2 Å². The van der Waals surface area contributed by atoms with Crippen LogP contribution in [-0.2, 0) is 4.79 Å². The van der Waals surface area contributed by atoms with Gasteiger partial charge in [-0.2, -0.15) is 0 Å². The molecule has 0 atom stereocenters. The number of amides is 1. The van der Waals surface area contributed by atoms with Gasteiger partial charge in [0.1, 0.15) is 0 Å². The summed E-state index contributed by atoms with van der Waals surface area (Å²) in [6.07, 6.45) is 0. The average Bonchev–Trinajstić information content (AvgIpc) is 3.28. The summed E-state index contributed by atoms with van der Waals surface area (Å²) in [5, 5.41) is 11.9. The van der Waals surface area contributed by atoms with E-state index in [4.69, 9.17) is 4.42 Å². The van der Waals surface area contributed by atoms with E-state index in [-0.39, 0.29) is 11.7 Å². The Balaban J connectivity index is 1.39. The van der Waals surface area contributed by atoms with Gasteiger partial charge in [-0.15, -0.1) is 10.2 Å². The van der Waals surface area contributed by atoms with Gasteiger partial charge in [0.05, 0.1) is 16.0 Å². The number of nitrogens with zero attached hydrogens (tertiary/aromatic N) is 3. The van der Waals surface area contributed by atoms with Gasteiger partial charge in [0, 0.05) is 5.56 Å². The molecule has 136 valence electrons. The van der Waals surface area contributed by atoms with Crippen LogP contribution in [0.3, 0.4) is 0 Å². The average molecular weight is 396 g/mol. The molecular formula is C19H16N4O2S2. The van der Waals surface area contributed by atoms with Crippen LogP contribution in [-0.4, -0.2) is 26.8 Å². The summed E-state index contributed by atoms with van der Waals surface area (Å²) in [5.74, 6) is 0.467. The van der Waals surface area contributed by atoms with Crippen LogP contribution in [0.4, 0.5) is 5.13 Å². The Morgan fingerprint density at radius 1 is 1.11 bits per heavy atom. The number of anilines is 1. The summed E-state index contributed by atoms with van der Waals surface area (Å²) >= 11 is 2.66. The Labute approximate surface area is 164 Å². The van der Waals surface area contributed by atoms with Crippen LogP contribution in [0.25, 0.3) is 21.7 Å². The maximum atomic E-state index is 12.2. The Morgan fingerprint density at radius 3 is 2.74 bits per heavy atom. The first-order chi connectivity index (χ1) is 13.1. The Bertz CT molecular complexity index is 1120. The molecule has 0 radical (unpaired) electrons. The SMILES string of the molecule is Cc1ccccc1-c1nnc(SCC(=O)Nc2nc3c(C)cccc3s2)o1. The lowest BCUT2D eigenvalue weighted by Crippen LogP contribution is -2.13. The summed E-state index contributed by atoms with van der Waals surface area (Å²) in [4.78, 5) is 16.7. The zero-order valence-corrected chi connectivity index (χ0v) is 16.4. The molecule has 0 aliphatic heterocycles. The van der Waals surface area contributed by atoms with Crippen molar-refractivity contribution in [3.05, 3.63) is 53.6 Å². The molecule has 0 unspecified atom stereocenters. The number of hydrogen-bond acceptors (Lipinski definition) is 7. The number of para-hydroxylation sites is 1. The number of carbonyl (C=O) groups excluding carboxylic acids is 1. The smallest absolute Gasteiger partial charge is 0.277 e. The van der Waals surface area contributed by atoms with E-state index in [0.717, 1.165) is 26.9 Å². The van der Waals surface area contributed by atoms with Crippen molar-refractivity contribution in [2.45, 2.75) is 19.1 Å². The van der Waals surface area contributed by atoms with Crippen LogP contribution in [0.2, 0.25) is 0 Å². The Hall–Kier alpha value is -2.71. The molecule has 0 aliphatic carbocycles. The molecule has 6 nitrogen and oxygen atoms in total. The van der Waals surface area contributed by atoms with E-state index in [9.17, 15) is 4.79 Å². The summed E-state index contributed by atoms with van der Waals surface area (Å²) in [6.45, 7) is 3.99. The third-order valence-electron chi connectivity index (χ3n) is 3.98. The maximum Gasteiger partial charge on any atom is 0.277 e. The minimum absolute atomic E-state index is 0.160. The lowest BCUT2D eigenvalue weighted by molar-refractivity contribution is -0.113. The highest BCUT2D eigenvalue weighted by molar-refractivity contribution is 7.99. The molecule has 2 aromatic heterocycles. The lowest BCUT2D eigenvalue weighted by atomic mass is 10.1. The van der Waals surface area contributed by atoms with Gasteiger partial charge in [-0.05, 0) is 37.1 Å². The number of thioether (sulfide) groups is 1. The standard InChI is InChI=1S/C19H16N4O2S2/c1-11-6-3-4-8-13(11)17-22-23-19(25-17)26-10-15(24)20-18-21-16-12(2)7-5-9-14(16)27-18/h3-9H,10H2,1-2H3,(H,20,21,24). The van der Waals surface area contributed by atoms with Crippen LogP contribution in [0, 0.1) is 13.8 Å². The summed E-state index contributed by atoms with van der Waals surface area (Å²) in [7, 11) is 0. The Kier molecular flexibility index (Phi) is 4.91. The van der Waals surface area contributed by atoms with Gasteiger partial charge < -0.3 is 9.73 Å². The normalized spacial score (nSPS) is 11.0. The molecule has 27 heavy (non-hydrogen) atoms. The fourth-order valence-corrected chi connectivity index (χ4v) is 4.14. The lowest BCUT2D eigenvalue weighted by Gasteiger charge is -1.99. The molecule has 0 bridgehead atoms. The van der Waals surface area contributed by atoms with Crippen molar-refractivity contribution >= 4 is 44.4 Å². The number of thiazole rings is 1. The number of carbonyl (C=O) groups is 1. The second-order valence-corrected chi connectivity index (χ2v) is 7.92. The first-order valence-corrected chi connectivity index (χ1v) is 10.1. The predicted molar refractivity (Wildman–Crippen MR) is 108 cm³/mol. The molecule has 2 aromatic carbocycles. The van der Waals surface area contributed by atoms with E-state index in [0.29, 0.717) is 16.2 Å². The number of aryl methyl sites for hydroxylation is 2. The maximum absolute atomic E-state index is 12.2. The number of hydrogen-bond donors (Lipinski definition) is 1. The second kappa shape index (κ2) is 7.50. The van der Waals surface area contributed by atoms with Gasteiger partial charge in [0.15, 0.2) is 5.13 Å². The molecule has 0 spiro atoms. The molecule has 0 saturated heterocycles. The van der Waals surface area contributed by atoms with Crippen LogP contribution in [0.5, 0.6) is 0 Å². The van der Waals surface area contributed by atoms with Crippen molar-refractivity contribution in [3.63, 3.8) is 0 Å². The monoisotopic (exact) mass is 396 g/mol. The molecule has 0 saturated carbocycles. The van der Waals surface area contributed by atoms with E-state index < -0.39 is 0 Å². The molecule has 2 heterocycles. The first kappa shape index (κ1) is 17.7. The van der Waals surface area contributed by atoms with Crippen molar-refractivity contribution in [2.75, 3.05) is 11.1 Å². The van der Waals surface area contributed by atoms with E-state index in [1.165, 1.54) is 23.1 Å². The van der Waals surface area contributed by atoms with E-state index >= 15 is 0 Å². The molecule has 4 aromatic rings. The number of rotatable bonds is 5. The van der Waals surface area contributed by atoms with Crippen molar-refractivity contribution in [3.8, 4) is 11.5 Å².